The summed E-state index contributed by atoms with van der Waals surface area (Å²) in [5.74, 6) is -1.32. The highest BCUT2D eigenvalue weighted by Crippen LogP contribution is 2.11. The number of hydrogen-bond acceptors (Lipinski definition) is 4. The molecule has 1 aromatic carbocycles. The lowest BCUT2D eigenvalue weighted by Gasteiger charge is -2.21. The van der Waals surface area contributed by atoms with Crippen LogP contribution in [-0.2, 0) is 20.7 Å². The normalized spacial score (nSPS) is 12.2. The Bertz CT molecular complexity index is 575. The zero-order valence-corrected chi connectivity index (χ0v) is 13.7. The number of aliphatic carboxylic acids is 1. The highest BCUT2D eigenvalue weighted by molar-refractivity contribution is 5.96. The molecule has 0 unspecified atom stereocenters. The van der Waals surface area contributed by atoms with Gasteiger partial charge in [0.25, 0.3) is 0 Å². The number of amides is 2. The maximum atomic E-state index is 12.0. The zero-order valence-electron chi connectivity index (χ0n) is 13.7. The number of carbonyl (C=O) groups is 3. The summed E-state index contributed by atoms with van der Waals surface area (Å²) in [6, 6.07) is 5.68. The summed E-state index contributed by atoms with van der Waals surface area (Å²) < 4.78 is 5.08. The van der Waals surface area contributed by atoms with Crippen molar-refractivity contribution in [3.8, 4) is 0 Å². The lowest BCUT2D eigenvalue weighted by molar-refractivity contribution is -0.136. The average molecular weight is 322 g/mol. The van der Waals surface area contributed by atoms with Crippen LogP contribution < -0.4 is 10.6 Å². The number of benzene rings is 1. The Labute approximate surface area is 135 Å². The molecule has 0 fully saturated rings. The number of rotatable bonds is 5. The van der Waals surface area contributed by atoms with E-state index in [1.807, 2.05) is 0 Å². The van der Waals surface area contributed by atoms with Gasteiger partial charge in [-0.1, -0.05) is 12.1 Å². The minimum atomic E-state index is -0.919. The lowest BCUT2D eigenvalue weighted by atomic mass is 10.1. The van der Waals surface area contributed by atoms with Crippen LogP contribution in [0.4, 0.5) is 10.5 Å². The zero-order chi connectivity index (χ0) is 17.6. The molecule has 0 aliphatic carbocycles. The highest BCUT2D eigenvalue weighted by Gasteiger charge is 2.21. The Balaban J connectivity index is 2.54. The fourth-order valence-corrected chi connectivity index (χ4v) is 1.68. The van der Waals surface area contributed by atoms with Crippen LogP contribution in [0.3, 0.4) is 0 Å². The second-order valence-corrected chi connectivity index (χ2v) is 6.12. The first-order valence-electron chi connectivity index (χ1n) is 7.18. The van der Waals surface area contributed by atoms with Crippen molar-refractivity contribution in [1.29, 1.82) is 0 Å². The number of anilines is 1. The van der Waals surface area contributed by atoms with Crippen molar-refractivity contribution in [2.24, 2.45) is 0 Å². The van der Waals surface area contributed by atoms with E-state index in [2.05, 4.69) is 10.6 Å². The summed E-state index contributed by atoms with van der Waals surface area (Å²) in [4.78, 5) is 34.2. The maximum Gasteiger partial charge on any atom is 0.408 e. The summed E-state index contributed by atoms with van der Waals surface area (Å²) in [7, 11) is 0. The van der Waals surface area contributed by atoms with Crippen LogP contribution in [0, 0.1) is 0 Å². The molecule has 0 aliphatic rings. The molecule has 0 radical (unpaired) electrons. The third-order valence-corrected chi connectivity index (χ3v) is 2.70. The van der Waals surface area contributed by atoms with Gasteiger partial charge in [-0.25, -0.2) is 4.79 Å². The number of nitrogens with one attached hydrogen (secondary N) is 2. The molecule has 0 aromatic heterocycles. The topological polar surface area (TPSA) is 105 Å². The number of carboxylic acids is 1. The van der Waals surface area contributed by atoms with E-state index in [1.165, 1.54) is 6.92 Å². The Hall–Kier alpha value is -2.57. The molecule has 0 spiro atoms. The largest absolute Gasteiger partial charge is 0.481 e. The molecule has 1 aromatic rings. The molecule has 0 saturated heterocycles. The summed E-state index contributed by atoms with van der Waals surface area (Å²) >= 11 is 0. The van der Waals surface area contributed by atoms with E-state index in [0.717, 1.165) is 0 Å². The van der Waals surface area contributed by atoms with Crippen LogP contribution in [0.2, 0.25) is 0 Å². The molecule has 1 rings (SSSR count). The van der Waals surface area contributed by atoms with Crippen LogP contribution >= 0.6 is 0 Å². The molecule has 23 heavy (non-hydrogen) atoms. The fraction of sp³-hybridized carbons (Fsp3) is 0.438. The molecule has 7 nitrogen and oxygen atoms in total. The van der Waals surface area contributed by atoms with Crippen molar-refractivity contribution in [2.45, 2.75) is 45.8 Å². The molecule has 3 N–H and O–H groups in total. The lowest BCUT2D eigenvalue weighted by Crippen LogP contribution is -2.43. The molecule has 0 heterocycles. The molecule has 7 heteroatoms. The molecule has 1 atom stereocenters. The van der Waals surface area contributed by atoms with Crippen LogP contribution in [0.1, 0.15) is 33.3 Å². The SMILES string of the molecule is C[C@H](NC(=O)OC(C)(C)C)C(=O)Nc1ccc(CC(=O)O)cc1. The van der Waals surface area contributed by atoms with Crippen LogP contribution in [-0.4, -0.2) is 34.7 Å². The Morgan fingerprint density at radius 1 is 1.17 bits per heavy atom. The number of ether oxygens (including phenoxy) is 1. The van der Waals surface area contributed by atoms with Crippen molar-refractivity contribution in [3.05, 3.63) is 29.8 Å². The number of alkyl carbamates (subject to hydrolysis) is 1. The summed E-state index contributed by atoms with van der Waals surface area (Å²) in [5.41, 5.74) is 0.512. The average Bonchev–Trinajstić information content (AvgIpc) is 2.37. The molecule has 0 saturated carbocycles. The minimum absolute atomic E-state index is 0.0785. The third-order valence-electron chi connectivity index (χ3n) is 2.70. The van der Waals surface area contributed by atoms with Crippen molar-refractivity contribution in [3.63, 3.8) is 0 Å². The molecule has 126 valence electrons. The highest BCUT2D eigenvalue weighted by atomic mass is 16.6. The Kier molecular flexibility index (Phi) is 6.12. The van der Waals surface area contributed by atoms with Crippen molar-refractivity contribution in [2.75, 3.05) is 5.32 Å². The van der Waals surface area contributed by atoms with Crippen LogP contribution in [0.5, 0.6) is 0 Å². The van der Waals surface area contributed by atoms with E-state index in [1.54, 1.807) is 45.0 Å². The standard InChI is InChI=1S/C16H22N2O5/c1-10(17-15(22)23-16(2,3)4)14(21)18-12-7-5-11(6-8-12)9-13(19)20/h5-8,10H,9H2,1-4H3,(H,17,22)(H,18,21)(H,19,20)/t10-/m0/s1. The van der Waals surface area contributed by atoms with E-state index in [4.69, 9.17) is 9.84 Å². The first-order chi connectivity index (χ1) is 10.6. The smallest absolute Gasteiger partial charge is 0.408 e. The van der Waals surface area contributed by atoms with Crippen molar-refractivity contribution >= 4 is 23.7 Å². The van der Waals surface area contributed by atoms with Gasteiger partial charge in [-0.05, 0) is 45.4 Å². The second kappa shape index (κ2) is 7.62. The number of hydrogen-bond donors (Lipinski definition) is 3. The monoisotopic (exact) mass is 322 g/mol. The van der Waals surface area contributed by atoms with Gasteiger partial charge in [-0.3, -0.25) is 9.59 Å². The van der Waals surface area contributed by atoms with E-state index < -0.39 is 29.6 Å². The van der Waals surface area contributed by atoms with E-state index in [-0.39, 0.29) is 6.42 Å². The van der Waals surface area contributed by atoms with Gasteiger partial charge in [-0.2, -0.15) is 0 Å². The van der Waals surface area contributed by atoms with Crippen LogP contribution in [0.15, 0.2) is 24.3 Å². The predicted octanol–water partition coefficient (Wildman–Crippen LogP) is 2.17. The first-order valence-corrected chi connectivity index (χ1v) is 7.18. The van der Waals surface area contributed by atoms with E-state index >= 15 is 0 Å². The Morgan fingerprint density at radius 2 is 1.74 bits per heavy atom. The van der Waals surface area contributed by atoms with Crippen LogP contribution in [0.25, 0.3) is 0 Å². The predicted molar refractivity (Wildman–Crippen MR) is 85.2 cm³/mol. The molecule has 2 amide bonds. The van der Waals surface area contributed by atoms with Gasteiger partial charge in [-0.15, -0.1) is 0 Å². The van der Waals surface area contributed by atoms with Gasteiger partial charge < -0.3 is 20.5 Å². The number of carboxylic acid groups (broad SMARTS) is 1. The van der Waals surface area contributed by atoms with Gasteiger partial charge in [0.2, 0.25) is 5.91 Å². The Morgan fingerprint density at radius 3 is 2.22 bits per heavy atom. The van der Waals surface area contributed by atoms with Gasteiger partial charge in [0, 0.05) is 5.69 Å². The minimum Gasteiger partial charge on any atom is -0.481 e. The van der Waals surface area contributed by atoms with Gasteiger partial charge in [0.1, 0.15) is 11.6 Å². The molecular formula is C16H22N2O5. The third kappa shape index (κ3) is 7.30. The maximum absolute atomic E-state index is 12.0. The molecule has 0 aliphatic heterocycles. The molecule has 0 bridgehead atoms. The second-order valence-electron chi connectivity index (χ2n) is 6.12. The summed E-state index contributed by atoms with van der Waals surface area (Å²) in [6.45, 7) is 6.74. The fourth-order valence-electron chi connectivity index (χ4n) is 1.68. The van der Waals surface area contributed by atoms with E-state index in [9.17, 15) is 14.4 Å². The first kappa shape index (κ1) is 18.5. The quantitative estimate of drug-likeness (QED) is 0.770. The van der Waals surface area contributed by atoms with Crippen molar-refractivity contribution in [1.82, 2.24) is 5.32 Å². The van der Waals surface area contributed by atoms with E-state index in [0.29, 0.717) is 11.3 Å². The summed E-state index contributed by atoms with van der Waals surface area (Å²) in [6.07, 6.45) is -0.748. The summed E-state index contributed by atoms with van der Waals surface area (Å²) in [5, 5.41) is 13.8. The van der Waals surface area contributed by atoms with Crippen molar-refractivity contribution < 1.29 is 24.2 Å². The van der Waals surface area contributed by atoms with Gasteiger partial charge in [0.05, 0.1) is 6.42 Å². The number of carbonyl (C=O) groups excluding carboxylic acids is 2. The van der Waals surface area contributed by atoms with Gasteiger partial charge in [0.15, 0.2) is 0 Å². The van der Waals surface area contributed by atoms with Gasteiger partial charge >= 0.3 is 12.1 Å². The molecular weight excluding hydrogens is 300 g/mol.